The molecule has 8 nitrogen and oxygen atoms in total. The number of methoxy groups -OCH3 is 2. The summed E-state index contributed by atoms with van der Waals surface area (Å²) in [7, 11) is 2.81. The molecule has 1 aliphatic carbocycles. The molecule has 1 unspecified atom stereocenters. The van der Waals surface area contributed by atoms with E-state index >= 15 is 0 Å². The molecule has 0 aliphatic heterocycles. The molecule has 30 heavy (non-hydrogen) atoms. The van der Waals surface area contributed by atoms with Gasteiger partial charge in [-0.3, -0.25) is 0 Å². The highest BCUT2D eigenvalue weighted by Gasteiger charge is 2.64. The zero-order valence-electron chi connectivity index (χ0n) is 17.4. The van der Waals surface area contributed by atoms with Gasteiger partial charge in [-0.15, -0.1) is 0 Å². The van der Waals surface area contributed by atoms with Crippen molar-refractivity contribution >= 4 is 5.71 Å². The minimum Gasteiger partial charge on any atom is -0.382 e. The fourth-order valence-electron chi connectivity index (χ4n) is 3.90. The third-order valence-electron chi connectivity index (χ3n) is 5.43. The first kappa shape index (κ1) is 22.3. The second kappa shape index (κ2) is 8.75. The second-order valence-corrected chi connectivity index (χ2v) is 7.66. The van der Waals surface area contributed by atoms with E-state index in [9.17, 15) is 13.9 Å². The maximum absolute atomic E-state index is 14.9. The lowest BCUT2D eigenvalue weighted by molar-refractivity contribution is -0.266. The highest BCUT2D eigenvalue weighted by Crippen LogP contribution is 2.61. The molecule has 1 aromatic carbocycles. The van der Waals surface area contributed by atoms with E-state index < -0.39 is 29.1 Å². The van der Waals surface area contributed by atoms with Crippen molar-refractivity contribution in [3.8, 4) is 0 Å². The van der Waals surface area contributed by atoms with Crippen LogP contribution in [0.4, 0.5) is 8.78 Å². The average Bonchev–Trinajstić information content (AvgIpc) is 3.35. The summed E-state index contributed by atoms with van der Waals surface area (Å²) in [5, 5.41) is 20.3. The normalized spacial score (nSPS) is 18.0. The van der Waals surface area contributed by atoms with Crippen molar-refractivity contribution in [2.75, 3.05) is 14.2 Å². The van der Waals surface area contributed by atoms with E-state index in [1.165, 1.54) is 37.6 Å². The Morgan fingerprint density at radius 2 is 2.00 bits per heavy atom. The summed E-state index contributed by atoms with van der Waals surface area (Å²) in [6.45, 7) is 2.67. The summed E-state index contributed by atoms with van der Waals surface area (Å²) in [5.41, 5.74) is -2.24. The fourth-order valence-corrected chi connectivity index (χ4v) is 3.90. The van der Waals surface area contributed by atoms with Gasteiger partial charge in [-0.05, 0) is 24.8 Å². The Labute approximate surface area is 173 Å². The predicted molar refractivity (Wildman–Crippen MR) is 103 cm³/mol. The van der Waals surface area contributed by atoms with Gasteiger partial charge in [0.2, 0.25) is 0 Å². The van der Waals surface area contributed by atoms with E-state index in [-0.39, 0.29) is 18.0 Å². The second-order valence-electron chi connectivity index (χ2n) is 7.66. The van der Waals surface area contributed by atoms with Gasteiger partial charge in [0, 0.05) is 31.3 Å². The molecule has 0 radical (unpaired) electrons. The van der Waals surface area contributed by atoms with Crippen LogP contribution in [0.5, 0.6) is 0 Å². The highest BCUT2D eigenvalue weighted by molar-refractivity contribution is 5.95. The van der Waals surface area contributed by atoms with Crippen LogP contribution in [0.1, 0.15) is 32.3 Å². The minimum absolute atomic E-state index is 0.0414. The van der Waals surface area contributed by atoms with Gasteiger partial charge in [0.25, 0.3) is 0 Å². The zero-order chi connectivity index (χ0) is 21.9. The number of halogens is 2. The van der Waals surface area contributed by atoms with Crippen LogP contribution in [0.25, 0.3) is 0 Å². The molecule has 0 amide bonds. The molecule has 1 saturated carbocycles. The lowest BCUT2D eigenvalue weighted by Crippen LogP contribution is -2.47. The van der Waals surface area contributed by atoms with Crippen LogP contribution < -0.4 is 0 Å². The quantitative estimate of drug-likeness (QED) is 0.358. The van der Waals surface area contributed by atoms with Gasteiger partial charge in [-0.1, -0.05) is 25.1 Å². The zero-order valence-corrected chi connectivity index (χ0v) is 17.4. The molecule has 1 heterocycles. The van der Waals surface area contributed by atoms with Gasteiger partial charge in [0.05, 0.1) is 12.3 Å². The molecule has 164 valence electrons. The Kier molecular flexibility index (Phi) is 6.49. The van der Waals surface area contributed by atoms with Crippen molar-refractivity contribution in [2.24, 2.45) is 16.5 Å². The van der Waals surface area contributed by atoms with Crippen LogP contribution in [-0.4, -0.2) is 46.3 Å². The molecule has 1 aromatic heterocycles. The summed E-state index contributed by atoms with van der Waals surface area (Å²) in [5.74, 6) is -1.72. The average molecular weight is 424 g/mol. The summed E-state index contributed by atoms with van der Waals surface area (Å²) < 4.78 is 39.9. The van der Waals surface area contributed by atoms with E-state index in [0.717, 1.165) is 12.1 Å². The van der Waals surface area contributed by atoms with E-state index in [4.69, 9.17) is 14.3 Å². The molecule has 0 bridgehead atoms. The van der Waals surface area contributed by atoms with Crippen molar-refractivity contribution in [2.45, 2.75) is 45.3 Å². The van der Waals surface area contributed by atoms with Gasteiger partial charge in [0.1, 0.15) is 29.9 Å². The Balaban J connectivity index is 2.10. The number of oxime groups is 1. The van der Waals surface area contributed by atoms with E-state index in [0.29, 0.717) is 18.6 Å². The van der Waals surface area contributed by atoms with Crippen molar-refractivity contribution in [3.05, 3.63) is 48.1 Å². The summed E-state index contributed by atoms with van der Waals surface area (Å²) in [6.07, 6.45) is 3.81. The van der Waals surface area contributed by atoms with Crippen LogP contribution >= 0.6 is 0 Å². The molecule has 0 saturated heterocycles. The standard InChI is InChI=1S/C20H26F2N4O4/c1-13(2)17(25-30-18(28-3)29-4)19(7-8-19)20(27,10-26-12-23-11-24-26)15-6-5-14(21)9-16(15)22/h5-6,9,11-13,18,27H,7-8,10H2,1-4H3. The molecule has 2 aromatic rings. The van der Waals surface area contributed by atoms with E-state index in [1.807, 2.05) is 13.8 Å². The molecule has 1 N–H and O–H groups in total. The van der Waals surface area contributed by atoms with E-state index in [2.05, 4.69) is 15.2 Å². The lowest BCUT2D eigenvalue weighted by atomic mass is 9.72. The first-order chi connectivity index (χ1) is 14.3. The van der Waals surface area contributed by atoms with Crippen LogP contribution in [-0.2, 0) is 26.5 Å². The van der Waals surface area contributed by atoms with Gasteiger partial charge < -0.3 is 19.4 Å². The Morgan fingerprint density at radius 1 is 1.30 bits per heavy atom. The fraction of sp³-hybridized carbons (Fsp3) is 0.550. The Bertz CT molecular complexity index is 883. The molecule has 1 atom stereocenters. The Morgan fingerprint density at radius 3 is 2.50 bits per heavy atom. The van der Waals surface area contributed by atoms with Crippen LogP contribution in [0.3, 0.4) is 0 Å². The van der Waals surface area contributed by atoms with Crippen LogP contribution in [0.2, 0.25) is 0 Å². The third-order valence-corrected chi connectivity index (χ3v) is 5.43. The van der Waals surface area contributed by atoms with Crippen molar-refractivity contribution in [3.63, 3.8) is 0 Å². The molecule has 0 spiro atoms. The molecule has 1 fully saturated rings. The first-order valence-electron chi connectivity index (χ1n) is 9.57. The summed E-state index contributed by atoms with van der Waals surface area (Å²) >= 11 is 0. The van der Waals surface area contributed by atoms with Crippen molar-refractivity contribution in [1.82, 2.24) is 14.8 Å². The number of nitrogens with zero attached hydrogens (tertiary/aromatic N) is 4. The molecule has 10 heteroatoms. The number of hydrogen-bond acceptors (Lipinski definition) is 7. The summed E-state index contributed by atoms with van der Waals surface area (Å²) in [4.78, 5) is 9.25. The lowest BCUT2D eigenvalue weighted by Gasteiger charge is -2.39. The topological polar surface area (TPSA) is 91.0 Å². The highest BCUT2D eigenvalue weighted by atomic mass is 19.1. The molecular weight excluding hydrogens is 398 g/mol. The van der Waals surface area contributed by atoms with Gasteiger partial charge in [-0.2, -0.15) is 5.10 Å². The Hall–Kier alpha value is -2.43. The molecular formula is C20H26F2N4O4. The van der Waals surface area contributed by atoms with Gasteiger partial charge >= 0.3 is 6.48 Å². The number of rotatable bonds is 10. The maximum Gasteiger partial charge on any atom is 0.339 e. The monoisotopic (exact) mass is 424 g/mol. The minimum atomic E-state index is -1.78. The number of hydrogen-bond donors (Lipinski definition) is 1. The molecule has 1 aliphatic rings. The van der Waals surface area contributed by atoms with Gasteiger partial charge in [0.15, 0.2) is 0 Å². The predicted octanol–water partition coefficient (Wildman–Crippen LogP) is 2.83. The smallest absolute Gasteiger partial charge is 0.339 e. The maximum atomic E-state index is 14.9. The van der Waals surface area contributed by atoms with E-state index in [1.54, 1.807) is 0 Å². The number of aliphatic hydroxyl groups is 1. The number of benzene rings is 1. The molecule has 3 rings (SSSR count). The number of ether oxygens (including phenoxy) is 2. The van der Waals surface area contributed by atoms with Crippen LogP contribution in [0, 0.1) is 23.0 Å². The number of aromatic nitrogens is 3. The summed E-state index contributed by atoms with van der Waals surface area (Å²) in [6, 6.07) is 3.13. The van der Waals surface area contributed by atoms with Crippen molar-refractivity contribution in [1.29, 1.82) is 0 Å². The largest absolute Gasteiger partial charge is 0.382 e. The van der Waals surface area contributed by atoms with Crippen molar-refractivity contribution < 1.29 is 28.2 Å². The van der Waals surface area contributed by atoms with Gasteiger partial charge in [-0.25, -0.2) is 18.4 Å². The third kappa shape index (κ3) is 4.07. The van der Waals surface area contributed by atoms with Crippen LogP contribution in [0.15, 0.2) is 36.0 Å². The SMILES string of the molecule is COC(OC)ON=C(C(C)C)C1(C(O)(Cn2cncn2)c2ccc(F)cc2F)CC1. The first-order valence-corrected chi connectivity index (χ1v) is 9.57.